The van der Waals surface area contributed by atoms with Crippen molar-refractivity contribution in [3.05, 3.63) is 68.9 Å². The summed E-state index contributed by atoms with van der Waals surface area (Å²) >= 11 is 14.0. The van der Waals surface area contributed by atoms with Crippen molar-refractivity contribution in [1.29, 1.82) is 0 Å². The lowest BCUT2D eigenvalue weighted by molar-refractivity contribution is 0.172. The number of ether oxygens (including phenoxy) is 1. The molecule has 3 rings (SSSR count). The van der Waals surface area contributed by atoms with Gasteiger partial charge in [-0.25, -0.2) is 4.79 Å². The van der Waals surface area contributed by atoms with Gasteiger partial charge < -0.3 is 10.5 Å². The second-order valence-corrected chi connectivity index (χ2v) is 8.92. The van der Waals surface area contributed by atoms with Gasteiger partial charge in [0.1, 0.15) is 6.61 Å². The number of pyridine rings is 1. The largest absolute Gasteiger partial charge is 0.444 e. The van der Waals surface area contributed by atoms with E-state index in [2.05, 4.69) is 18.8 Å². The number of carbonyl (C=O) groups excluding carboxylic acids is 1. The average molecular weight is 466 g/mol. The Bertz CT molecular complexity index is 942. The Labute approximate surface area is 191 Å². The van der Waals surface area contributed by atoms with Gasteiger partial charge in [-0.1, -0.05) is 56.2 Å². The third kappa shape index (κ3) is 6.24. The van der Waals surface area contributed by atoms with E-state index < -0.39 is 6.09 Å². The summed E-state index contributed by atoms with van der Waals surface area (Å²) in [6.07, 6.45) is 3.41. The number of hydrogen-bond donors (Lipinski definition) is 1. The minimum Gasteiger partial charge on any atom is -0.444 e. The molecular weight excluding hydrogens is 441 g/mol. The second-order valence-electron chi connectivity index (χ2n) is 6.93. The van der Waals surface area contributed by atoms with Gasteiger partial charge in [-0.2, -0.15) is 0 Å². The maximum absolute atomic E-state index is 11.2. The third-order valence-corrected chi connectivity index (χ3v) is 6.02. The van der Waals surface area contributed by atoms with Crippen LogP contribution in [-0.2, 0) is 11.2 Å². The summed E-state index contributed by atoms with van der Waals surface area (Å²) in [4.78, 5) is 22.1. The number of halogens is 2. The maximum atomic E-state index is 11.2. The number of allylic oxidation sites excluding steroid dienone is 2. The fourth-order valence-corrected chi connectivity index (χ4v) is 5.14. The smallest absolute Gasteiger partial charge is 0.404 e. The summed E-state index contributed by atoms with van der Waals surface area (Å²) in [5, 5.41) is 1.15. The number of aliphatic imine (C=N–C) groups is 1. The van der Waals surface area contributed by atoms with E-state index in [1.165, 1.54) is 0 Å². The highest BCUT2D eigenvalue weighted by Gasteiger charge is 2.32. The first-order valence-electron chi connectivity index (χ1n) is 9.10. The summed E-state index contributed by atoms with van der Waals surface area (Å²) in [5.74, 6) is 0.148. The molecule has 2 aromatic rings. The summed E-state index contributed by atoms with van der Waals surface area (Å²) in [5.41, 5.74) is 8.04. The number of amides is 1. The number of rotatable bonds is 7. The Morgan fingerprint density at radius 1 is 1.20 bits per heavy atom. The predicted octanol–water partition coefficient (Wildman–Crippen LogP) is 6.39. The van der Waals surface area contributed by atoms with E-state index in [1.807, 2.05) is 24.3 Å². The van der Waals surface area contributed by atoms with E-state index in [0.29, 0.717) is 16.5 Å². The normalized spacial score (nSPS) is 15.8. The predicted molar refractivity (Wildman–Crippen MR) is 125 cm³/mol. The minimum atomic E-state index is -0.816. The van der Waals surface area contributed by atoms with E-state index >= 15 is 0 Å². The van der Waals surface area contributed by atoms with Crippen molar-refractivity contribution in [2.45, 2.75) is 32.6 Å². The van der Waals surface area contributed by atoms with Crippen molar-refractivity contribution in [2.24, 2.45) is 22.6 Å². The monoisotopic (exact) mass is 465 g/mol. The average Bonchev–Trinajstić information content (AvgIpc) is 2.97. The van der Waals surface area contributed by atoms with Crippen LogP contribution in [-0.4, -0.2) is 23.4 Å². The van der Waals surface area contributed by atoms with Crippen LogP contribution in [0.25, 0.3) is 0 Å². The quantitative estimate of drug-likeness (QED) is 0.513. The molecule has 0 radical (unpaired) electrons. The lowest BCUT2D eigenvalue weighted by Gasteiger charge is -2.19. The zero-order valence-corrected chi connectivity index (χ0v) is 18.4. The molecule has 0 bridgehead atoms. The molecule has 1 aliphatic heterocycles. The van der Waals surface area contributed by atoms with Crippen LogP contribution < -0.4 is 5.73 Å². The fourth-order valence-electron chi connectivity index (χ4n) is 3.11. The Kier molecular flexibility index (Phi) is 8.77. The van der Waals surface area contributed by atoms with Crippen LogP contribution in [0.2, 0.25) is 10.0 Å². The molecule has 0 spiro atoms. The van der Waals surface area contributed by atoms with Crippen LogP contribution in [0.5, 0.6) is 0 Å². The Balaban J connectivity index is 0.00000320. The van der Waals surface area contributed by atoms with Gasteiger partial charge in [-0.05, 0) is 48.2 Å². The van der Waals surface area contributed by atoms with Gasteiger partial charge in [0.05, 0.1) is 11.4 Å². The van der Waals surface area contributed by atoms with E-state index in [1.54, 1.807) is 30.2 Å². The van der Waals surface area contributed by atoms with Crippen LogP contribution in [0, 0.1) is 11.8 Å². The first kappa shape index (κ1) is 24.3. The van der Waals surface area contributed by atoms with Crippen molar-refractivity contribution in [2.75, 3.05) is 6.61 Å². The number of nitrogens with two attached hydrogens (primary N) is 1. The number of aromatic nitrogens is 1. The van der Waals surface area contributed by atoms with Gasteiger partial charge in [0, 0.05) is 38.2 Å². The van der Waals surface area contributed by atoms with Crippen LogP contribution in [0.3, 0.4) is 0 Å². The minimum absolute atomic E-state index is 0. The van der Waals surface area contributed by atoms with Crippen molar-refractivity contribution < 1.29 is 9.53 Å². The zero-order valence-electron chi connectivity index (χ0n) is 16.1. The molecular formula is C22H25Cl2N3O2S. The van der Waals surface area contributed by atoms with Gasteiger partial charge in [-0.15, -0.1) is 0 Å². The molecule has 1 aromatic carbocycles. The zero-order chi connectivity index (χ0) is 21.0. The first-order chi connectivity index (χ1) is 13.8. The van der Waals surface area contributed by atoms with E-state index in [-0.39, 0.29) is 25.9 Å². The van der Waals surface area contributed by atoms with Crippen LogP contribution in [0.4, 0.5) is 4.79 Å². The SMILES string of the molecule is C.CC(C)C1=C(Sc2cc(Cl)cc(Cl)c2)C(Cc2ccncc2)C(COC(N)=O)=N1. The van der Waals surface area contributed by atoms with Crippen LogP contribution in [0.15, 0.2) is 63.2 Å². The molecule has 1 aliphatic rings. The summed E-state index contributed by atoms with van der Waals surface area (Å²) in [6, 6.07) is 9.41. The molecule has 0 saturated heterocycles. The molecule has 1 unspecified atom stereocenters. The molecule has 2 heterocycles. The molecule has 0 saturated carbocycles. The van der Waals surface area contributed by atoms with Gasteiger partial charge in [0.2, 0.25) is 0 Å². The number of thioether (sulfide) groups is 1. The number of primary amides is 1. The second kappa shape index (κ2) is 10.8. The maximum Gasteiger partial charge on any atom is 0.404 e. The van der Waals surface area contributed by atoms with Gasteiger partial charge in [-0.3, -0.25) is 9.98 Å². The summed E-state index contributed by atoms with van der Waals surface area (Å²) < 4.78 is 5.08. The van der Waals surface area contributed by atoms with Crippen molar-refractivity contribution in [3.63, 3.8) is 0 Å². The summed E-state index contributed by atoms with van der Waals surface area (Å²) in [6.45, 7) is 4.24. The molecule has 8 heteroatoms. The van der Waals surface area contributed by atoms with Crippen LogP contribution >= 0.6 is 35.0 Å². The fraction of sp³-hybridized carbons (Fsp3) is 0.318. The molecule has 2 N–H and O–H groups in total. The van der Waals surface area contributed by atoms with Crippen molar-refractivity contribution in [1.82, 2.24) is 4.98 Å². The summed E-state index contributed by atoms with van der Waals surface area (Å²) in [7, 11) is 0. The molecule has 1 aromatic heterocycles. The third-order valence-electron chi connectivity index (χ3n) is 4.40. The van der Waals surface area contributed by atoms with Crippen molar-refractivity contribution >= 4 is 46.8 Å². The molecule has 5 nitrogen and oxygen atoms in total. The lowest BCUT2D eigenvalue weighted by Crippen LogP contribution is -2.24. The molecule has 1 amide bonds. The number of benzene rings is 1. The number of hydrogen-bond acceptors (Lipinski definition) is 5. The highest BCUT2D eigenvalue weighted by molar-refractivity contribution is 8.03. The van der Waals surface area contributed by atoms with Crippen molar-refractivity contribution in [3.8, 4) is 0 Å². The Morgan fingerprint density at radius 2 is 1.83 bits per heavy atom. The first-order valence-corrected chi connectivity index (χ1v) is 10.7. The van der Waals surface area contributed by atoms with E-state index in [9.17, 15) is 4.79 Å². The number of carbonyl (C=O) groups is 1. The Hall–Kier alpha value is -2.02. The van der Waals surface area contributed by atoms with Gasteiger partial charge in [0.25, 0.3) is 0 Å². The van der Waals surface area contributed by atoms with E-state index in [0.717, 1.165) is 26.8 Å². The topological polar surface area (TPSA) is 77.6 Å². The van der Waals surface area contributed by atoms with Crippen LogP contribution in [0.1, 0.15) is 26.8 Å². The highest BCUT2D eigenvalue weighted by atomic mass is 35.5. The van der Waals surface area contributed by atoms with E-state index in [4.69, 9.17) is 38.7 Å². The number of nitrogens with zero attached hydrogens (tertiary/aromatic N) is 2. The molecule has 30 heavy (non-hydrogen) atoms. The standard InChI is InChI=1S/C21H21Cl2N3O2S.CH4/c1-12(2)19-20(29-16-9-14(22)8-15(23)10-16)17(7-13-3-5-25-6-4-13)18(26-19)11-28-21(24)27;/h3-6,8-10,12,17H,7,11H2,1-2H3,(H2,24,27);1H4. The van der Waals surface area contributed by atoms with Gasteiger partial charge in [0.15, 0.2) is 0 Å². The lowest BCUT2D eigenvalue weighted by atomic mass is 9.95. The Morgan fingerprint density at radius 3 is 2.40 bits per heavy atom. The molecule has 1 atom stereocenters. The van der Waals surface area contributed by atoms with Gasteiger partial charge >= 0.3 is 6.09 Å². The molecule has 0 fully saturated rings. The highest BCUT2D eigenvalue weighted by Crippen LogP contribution is 2.44. The molecule has 0 aliphatic carbocycles. The molecule has 160 valence electrons.